The first-order chi connectivity index (χ1) is 19.7. The number of benzene rings is 2. The molecule has 0 radical (unpaired) electrons. The Bertz CT molecular complexity index is 2350. The van der Waals surface area contributed by atoms with Crippen LogP contribution in [0.5, 0.6) is 0 Å². The first-order valence-corrected chi connectivity index (χ1v) is 17.5. The maximum Gasteiger partial charge on any atom is 0.339 e. The summed E-state index contributed by atoms with van der Waals surface area (Å²) in [6.07, 6.45) is 0. The topological polar surface area (TPSA) is 166 Å². The molecule has 8 aromatic rings. The van der Waals surface area contributed by atoms with E-state index in [0.29, 0.717) is 31.2 Å². The minimum Gasteiger partial charge on any atom is -0.271 e. The number of nitrogens with zero attached hydrogens (tertiary/aromatic N) is 9. The fraction of sp³-hybridized carbons (Fsp3) is 0. The molecule has 0 unspecified atom stereocenters. The molecule has 41 heavy (non-hydrogen) atoms. The van der Waals surface area contributed by atoms with E-state index < -0.39 is 5.20 Å². The third kappa shape index (κ3) is 5.90. The summed E-state index contributed by atoms with van der Waals surface area (Å²) in [7, 11) is 0. The van der Waals surface area contributed by atoms with E-state index in [2.05, 4.69) is 84.5 Å². The number of thiophene rings is 2. The van der Waals surface area contributed by atoms with Gasteiger partial charge in [-0.05, 0) is 63.2 Å². The highest BCUT2D eigenvalue weighted by Gasteiger charge is 2.15. The predicted octanol–water partition coefficient (Wildman–Crippen LogP) is 7.12. The maximum atomic E-state index is 11.6. The Balaban J connectivity index is 0.000000127. The molecule has 1 N–H and O–H groups in total. The zero-order valence-electron chi connectivity index (χ0n) is 19.7. The molecule has 19 heteroatoms. The fourth-order valence-electron chi connectivity index (χ4n) is 3.73. The second kappa shape index (κ2) is 11.2. The lowest BCUT2D eigenvalue weighted by Crippen LogP contribution is -2.07. The van der Waals surface area contributed by atoms with Crippen molar-refractivity contribution in [2.75, 3.05) is 0 Å². The number of fused-ring (bicyclic) bond motifs is 8. The number of halogens is 4. The summed E-state index contributed by atoms with van der Waals surface area (Å²) in [5.41, 5.74) is 5.55. The second-order valence-electron chi connectivity index (χ2n) is 7.91. The van der Waals surface area contributed by atoms with Crippen LogP contribution in [0.25, 0.3) is 63.2 Å². The summed E-state index contributed by atoms with van der Waals surface area (Å²) in [6.45, 7) is 0. The van der Waals surface area contributed by atoms with E-state index in [1.165, 1.54) is 22.7 Å². The van der Waals surface area contributed by atoms with Crippen LogP contribution in [0.3, 0.4) is 0 Å². The minimum absolute atomic E-state index is 0.256. The SMILES string of the molecule is Clc1nnnc2c1sc1nc3ccccc3nc12.O=P(Cl)(Cl)Cl.O=c1[nH]nnc2c1sc1nc3ccccc3nc12. The van der Waals surface area contributed by atoms with Crippen LogP contribution >= 0.6 is 73.2 Å². The summed E-state index contributed by atoms with van der Waals surface area (Å²) < 4.78 is 10.8. The molecule has 8 rings (SSSR count). The molecular formula is C22H9Cl4N10O2PS2. The monoisotopic (exact) mass is 680 g/mol. The van der Waals surface area contributed by atoms with E-state index in [9.17, 15) is 9.36 Å². The van der Waals surface area contributed by atoms with Gasteiger partial charge in [0.15, 0.2) is 5.15 Å². The van der Waals surface area contributed by atoms with Gasteiger partial charge in [-0.1, -0.05) is 41.1 Å². The van der Waals surface area contributed by atoms with E-state index in [1.807, 2.05) is 48.5 Å². The van der Waals surface area contributed by atoms with Crippen LogP contribution in [0.2, 0.25) is 5.15 Å². The quantitative estimate of drug-likeness (QED) is 0.162. The van der Waals surface area contributed by atoms with Gasteiger partial charge < -0.3 is 0 Å². The zero-order chi connectivity index (χ0) is 28.7. The number of nitrogens with one attached hydrogen (secondary N) is 1. The molecule has 12 nitrogen and oxygen atoms in total. The van der Waals surface area contributed by atoms with Crippen molar-refractivity contribution in [2.24, 2.45) is 0 Å². The lowest BCUT2D eigenvalue weighted by Gasteiger charge is -1.95. The van der Waals surface area contributed by atoms with Crippen LogP contribution in [0, 0.1) is 0 Å². The third-order valence-electron chi connectivity index (χ3n) is 5.33. The lowest BCUT2D eigenvalue weighted by molar-refractivity contribution is 0.600. The second-order valence-corrected chi connectivity index (χ2v) is 16.9. The number of aromatic amines is 1. The Morgan fingerprint density at radius 1 is 0.659 bits per heavy atom. The van der Waals surface area contributed by atoms with Gasteiger partial charge in [0.2, 0.25) is 0 Å². The van der Waals surface area contributed by atoms with Gasteiger partial charge in [0, 0.05) is 0 Å². The molecule has 0 saturated carbocycles. The molecular weight excluding hydrogens is 673 g/mol. The molecule has 0 atom stereocenters. The van der Waals surface area contributed by atoms with Crippen molar-refractivity contribution in [2.45, 2.75) is 0 Å². The molecule has 6 heterocycles. The summed E-state index contributed by atoms with van der Waals surface area (Å²) in [4.78, 5) is 31.3. The summed E-state index contributed by atoms with van der Waals surface area (Å²) in [5, 5.41) is 18.3. The third-order valence-corrected chi connectivity index (χ3v) is 7.83. The number of hydrogen-bond acceptors (Lipinski definition) is 13. The largest absolute Gasteiger partial charge is 0.339 e. The van der Waals surface area contributed by atoms with Gasteiger partial charge in [0.25, 0.3) is 5.56 Å². The van der Waals surface area contributed by atoms with Crippen molar-refractivity contribution >= 4 is 136 Å². The molecule has 6 aromatic heterocycles. The van der Waals surface area contributed by atoms with Crippen LogP contribution in [0.1, 0.15) is 0 Å². The molecule has 0 aliphatic carbocycles. The van der Waals surface area contributed by atoms with E-state index >= 15 is 0 Å². The first kappa shape index (κ1) is 27.9. The number of para-hydroxylation sites is 4. The van der Waals surface area contributed by atoms with Crippen molar-refractivity contribution < 1.29 is 4.57 Å². The Labute approximate surface area is 254 Å². The highest BCUT2D eigenvalue weighted by molar-refractivity contribution is 8.24. The molecule has 0 saturated heterocycles. The number of rotatable bonds is 0. The Hall–Kier alpha value is -3.23. The molecule has 0 bridgehead atoms. The van der Waals surface area contributed by atoms with Crippen molar-refractivity contribution in [3.05, 3.63) is 64.0 Å². The lowest BCUT2D eigenvalue weighted by atomic mass is 10.3. The summed E-state index contributed by atoms with van der Waals surface area (Å²) in [6, 6.07) is 15.3. The molecule has 0 spiro atoms. The van der Waals surface area contributed by atoms with Crippen LogP contribution in [-0.4, -0.2) is 50.8 Å². The number of aromatic nitrogens is 10. The Morgan fingerprint density at radius 3 is 1.66 bits per heavy atom. The average molecular weight is 682 g/mol. The summed E-state index contributed by atoms with van der Waals surface area (Å²) in [5.74, 6) is 0. The van der Waals surface area contributed by atoms with Gasteiger partial charge in [0.1, 0.15) is 36.4 Å². The van der Waals surface area contributed by atoms with Crippen LogP contribution in [0.15, 0.2) is 53.3 Å². The molecule has 0 fully saturated rings. The van der Waals surface area contributed by atoms with Crippen molar-refractivity contribution in [3.8, 4) is 0 Å². The molecule has 0 amide bonds. The normalized spacial score (nSPS) is 11.6. The molecule has 2 aromatic carbocycles. The first-order valence-electron chi connectivity index (χ1n) is 11.1. The average Bonchev–Trinajstić information content (AvgIpc) is 3.49. The highest BCUT2D eigenvalue weighted by Crippen LogP contribution is 2.61. The highest BCUT2D eigenvalue weighted by atomic mass is 36.0. The van der Waals surface area contributed by atoms with E-state index in [0.717, 1.165) is 37.1 Å². The van der Waals surface area contributed by atoms with E-state index in [4.69, 9.17) is 11.6 Å². The zero-order valence-corrected chi connectivity index (χ0v) is 25.3. The molecule has 0 aliphatic rings. The molecule has 0 aliphatic heterocycles. The smallest absolute Gasteiger partial charge is 0.271 e. The minimum atomic E-state index is -3.22. The van der Waals surface area contributed by atoms with Crippen molar-refractivity contribution in [1.82, 2.24) is 50.8 Å². The number of H-pyrrole nitrogens is 1. The fourth-order valence-corrected chi connectivity index (χ4v) is 5.85. The van der Waals surface area contributed by atoms with Crippen LogP contribution in [-0.2, 0) is 4.57 Å². The number of hydrogen-bond donors (Lipinski definition) is 1. The maximum absolute atomic E-state index is 11.6. The van der Waals surface area contributed by atoms with Gasteiger partial charge in [-0.3, -0.25) is 9.36 Å². The van der Waals surface area contributed by atoms with E-state index in [1.54, 1.807) is 0 Å². The van der Waals surface area contributed by atoms with Crippen LogP contribution in [0.4, 0.5) is 0 Å². The van der Waals surface area contributed by atoms with Gasteiger partial charge in [-0.15, -0.1) is 38.0 Å². The predicted molar refractivity (Wildman–Crippen MR) is 165 cm³/mol. The van der Waals surface area contributed by atoms with Crippen molar-refractivity contribution in [3.63, 3.8) is 0 Å². The van der Waals surface area contributed by atoms with Crippen LogP contribution < -0.4 is 5.56 Å². The summed E-state index contributed by atoms with van der Waals surface area (Å²) >= 11 is 22.6. The van der Waals surface area contributed by atoms with E-state index in [-0.39, 0.29) is 5.56 Å². The van der Waals surface area contributed by atoms with Gasteiger partial charge in [-0.2, -0.15) is 0 Å². The van der Waals surface area contributed by atoms with Crippen molar-refractivity contribution in [1.29, 1.82) is 0 Å². The standard InChI is InChI=1S/C11H4ClN5S.C11H5N5OS.Cl3OP/c12-10-9-7(15-17-16-10)8-11(18-9)14-6-4-2-1-3-5(6)13-8;17-10-9-7(14-16-15-10)8-11(18-9)13-6-4-2-1-3-5(6)12-8;1-5(2,3)4/h1-4H;1-4H,(H,14,15,17);. The Morgan fingerprint density at radius 2 is 1.12 bits per heavy atom. The molecule has 204 valence electrons. The Kier molecular flexibility index (Phi) is 7.64. The van der Waals surface area contributed by atoms with Gasteiger partial charge in [-0.25, -0.2) is 25.0 Å². The van der Waals surface area contributed by atoms with Gasteiger partial charge >= 0.3 is 5.20 Å². The van der Waals surface area contributed by atoms with Gasteiger partial charge in [0.05, 0.1) is 26.8 Å².